The molecule has 1 amide bonds. The molecule has 34 heavy (non-hydrogen) atoms. The van der Waals surface area contributed by atoms with Gasteiger partial charge in [0, 0.05) is 5.56 Å². The number of halogens is 3. The zero-order chi connectivity index (χ0) is 24.5. The van der Waals surface area contributed by atoms with Gasteiger partial charge >= 0.3 is 0 Å². The van der Waals surface area contributed by atoms with Crippen molar-refractivity contribution in [3.8, 4) is 17.2 Å². The maximum Gasteiger partial charge on any atom is 0.271 e. The molecule has 0 radical (unpaired) electrons. The number of nitrogens with zero attached hydrogens (tertiary/aromatic N) is 1. The number of carbonyl (C=O) groups is 1. The van der Waals surface area contributed by atoms with Gasteiger partial charge in [-0.3, -0.25) is 4.79 Å². The van der Waals surface area contributed by atoms with Gasteiger partial charge in [0.15, 0.2) is 11.5 Å². The van der Waals surface area contributed by atoms with Gasteiger partial charge in [0.25, 0.3) is 5.91 Å². The Morgan fingerprint density at radius 1 is 0.971 bits per heavy atom. The summed E-state index contributed by atoms with van der Waals surface area (Å²) >= 11 is 18.4. The van der Waals surface area contributed by atoms with Gasteiger partial charge < -0.3 is 14.2 Å². The van der Waals surface area contributed by atoms with Crippen molar-refractivity contribution in [3.63, 3.8) is 0 Å². The van der Waals surface area contributed by atoms with E-state index in [1.165, 1.54) is 13.3 Å². The molecule has 9 heteroatoms. The van der Waals surface area contributed by atoms with Crippen molar-refractivity contribution in [1.29, 1.82) is 0 Å². The number of benzene rings is 3. The average molecular weight is 522 g/mol. The minimum atomic E-state index is -0.349. The van der Waals surface area contributed by atoms with Crippen molar-refractivity contribution in [3.05, 3.63) is 86.4 Å². The fourth-order valence-corrected chi connectivity index (χ4v) is 3.49. The fraction of sp³-hybridized carbons (Fsp3) is 0.200. The Morgan fingerprint density at radius 2 is 1.74 bits per heavy atom. The van der Waals surface area contributed by atoms with Crippen LogP contribution in [-0.2, 0) is 6.61 Å². The number of amides is 1. The molecule has 0 heterocycles. The summed E-state index contributed by atoms with van der Waals surface area (Å²) in [4.78, 5) is 12.3. The standard InChI is InChI=1S/C25H23Cl3N2O4/c1-3-10-33-19-7-5-18(6-8-19)25(31)30-29-14-17-12-22(28)24(23(13-17)32-2)34-15-16-4-9-20(26)21(27)11-16/h4-9,11-14H,3,10,15H2,1-2H3,(H,30,31)/b29-14+. The summed E-state index contributed by atoms with van der Waals surface area (Å²) in [5.74, 6) is 1.16. The van der Waals surface area contributed by atoms with Gasteiger partial charge in [0.05, 0.1) is 35.0 Å². The second-order valence-electron chi connectivity index (χ2n) is 7.14. The van der Waals surface area contributed by atoms with Crippen LogP contribution in [0.5, 0.6) is 17.2 Å². The van der Waals surface area contributed by atoms with E-state index in [9.17, 15) is 4.79 Å². The van der Waals surface area contributed by atoms with Crippen LogP contribution in [0.25, 0.3) is 0 Å². The van der Waals surface area contributed by atoms with Crippen molar-refractivity contribution in [2.24, 2.45) is 5.10 Å². The lowest BCUT2D eigenvalue weighted by Crippen LogP contribution is -2.17. The Hall–Kier alpha value is -2.93. The molecule has 3 aromatic rings. The van der Waals surface area contributed by atoms with E-state index in [1.807, 2.05) is 13.0 Å². The lowest BCUT2D eigenvalue weighted by molar-refractivity contribution is 0.0955. The molecular formula is C25H23Cl3N2O4. The van der Waals surface area contributed by atoms with E-state index >= 15 is 0 Å². The summed E-state index contributed by atoms with van der Waals surface area (Å²) in [5.41, 5.74) is 4.39. The molecule has 1 N–H and O–H groups in total. The number of ether oxygens (including phenoxy) is 3. The van der Waals surface area contributed by atoms with Crippen molar-refractivity contribution < 1.29 is 19.0 Å². The topological polar surface area (TPSA) is 69.2 Å². The van der Waals surface area contributed by atoms with Gasteiger partial charge in [-0.05, 0) is 66.1 Å². The molecule has 0 saturated heterocycles. The second kappa shape index (κ2) is 12.5. The van der Waals surface area contributed by atoms with Gasteiger partial charge in [-0.1, -0.05) is 47.8 Å². The van der Waals surface area contributed by atoms with Crippen molar-refractivity contribution in [2.45, 2.75) is 20.0 Å². The largest absolute Gasteiger partial charge is 0.494 e. The Morgan fingerprint density at radius 3 is 2.41 bits per heavy atom. The molecule has 0 aliphatic heterocycles. The Kier molecular flexibility index (Phi) is 9.45. The van der Waals surface area contributed by atoms with Gasteiger partial charge in [-0.2, -0.15) is 5.10 Å². The zero-order valence-corrected chi connectivity index (χ0v) is 20.9. The van der Waals surface area contributed by atoms with Crippen LogP contribution >= 0.6 is 34.8 Å². The maximum atomic E-state index is 12.3. The molecule has 0 aliphatic carbocycles. The highest BCUT2D eigenvalue weighted by atomic mass is 35.5. The minimum Gasteiger partial charge on any atom is -0.494 e. The number of rotatable bonds is 10. The normalized spacial score (nSPS) is 10.9. The van der Waals surface area contributed by atoms with Gasteiger partial charge in [-0.15, -0.1) is 0 Å². The summed E-state index contributed by atoms with van der Waals surface area (Å²) in [6.07, 6.45) is 2.38. The van der Waals surface area contributed by atoms with Crippen LogP contribution in [0.4, 0.5) is 0 Å². The third-order valence-corrected chi connectivity index (χ3v) is 5.61. The van der Waals surface area contributed by atoms with E-state index in [4.69, 9.17) is 49.0 Å². The molecule has 3 rings (SSSR count). The van der Waals surface area contributed by atoms with Crippen molar-refractivity contribution in [1.82, 2.24) is 5.43 Å². The van der Waals surface area contributed by atoms with E-state index in [0.29, 0.717) is 50.1 Å². The molecule has 0 saturated carbocycles. The molecule has 0 unspecified atom stereocenters. The predicted octanol–water partition coefficient (Wildman–Crippen LogP) is 6.79. The smallest absolute Gasteiger partial charge is 0.271 e. The first-order chi connectivity index (χ1) is 16.4. The Labute approximate surface area is 213 Å². The summed E-state index contributed by atoms with van der Waals surface area (Å²) < 4.78 is 16.8. The summed E-state index contributed by atoms with van der Waals surface area (Å²) in [6, 6.07) is 15.4. The van der Waals surface area contributed by atoms with E-state index in [2.05, 4.69) is 10.5 Å². The number of hydrogen-bond donors (Lipinski definition) is 1. The molecule has 0 aromatic heterocycles. The van der Waals surface area contributed by atoms with Crippen LogP contribution in [0.15, 0.2) is 59.7 Å². The van der Waals surface area contributed by atoms with Crippen LogP contribution < -0.4 is 19.6 Å². The van der Waals surface area contributed by atoms with Crippen LogP contribution in [0.1, 0.15) is 34.8 Å². The van der Waals surface area contributed by atoms with Gasteiger partial charge in [0.1, 0.15) is 12.4 Å². The Bertz CT molecular complexity index is 1170. The van der Waals surface area contributed by atoms with E-state index in [0.717, 1.165) is 12.0 Å². The third-order valence-electron chi connectivity index (χ3n) is 4.59. The molecule has 0 atom stereocenters. The van der Waals surface area contributed by atoms with E-state index in [-0.39, 0.29) is 12.5 Å². The van der Waals surface area contributed by atoms with Crippen LogP contribution in [0.3, 0.4) is 0 Å². The molecule has 0 aliphatic rings. The lowest BCUT2D eigenvalue weighted by atomic mass is 10.2. The monoisotopic (exact) mass is 520 g/mol. The molecule has 6 nitrogen and oxygen atoms in total. The average Bonchev–Trinajstić information content (AvgIpc) is 2.84. The first kappa shape index (κ1) is 25.7. The van der Waals surface area contributed by atoms with Crippen LogP contribution in [-0.4, -0.2) is 25.8 Å². The third kappa shape index (κ3) is 7.03. The first-order valence-corrected chi connectivity index (χ1v) is 11.5. The molecule has 3 aromatic carbocycles. The summed E-state index contributed by atoms with van der Waals surface area (Å²) in [7, 11) is 1.51. The molecule has 0 spiro atoms. The van der Waals surface area contributed by atoms with E-state index in [1.54, 1.807) is 48.5 Å². The Balaban J connectivity index is 1.63. The second-order valence-corrected chi connectivity index (χ2v) is 8.36. The number of hydrogen-bond acceptors (Lipinski definition) is 5. The SMILES string of the molecule is CCCOc1ccc(C(=O)N/N=C/c2cc(Cl)c(OCc3ccc(Cl)c(Cl)c3)c(OC)c2)cc1. The quantitative estimate of drug-likeness (QED) is 0.236. The summed E-state index contributed by atoms with van der Waals surface area (Å²) in [5, 5.41) is 5.25. The molecule has 0 bridgehead atoms. The number of methoxy groups -OCH3 is 1. The number of hydrazone groups is 1. The molecule has 178 valence electrons. The number of carbonyl (C=O) groups excluding carboxylic acids is 1. The van der Waals surface area contributed by atoms with Crippen LogP contribution in [0, 0.1) is 0 Å². The summed E-state index contributed by atoms with van der Waals surface area (Å²) in [6.45, 7) is 2.88. The van der Waals surface area contributed by atoms with Crippen molar-refractivity contribution in [2.75, 3.05) is 13.7 Å². The van der Waals surface area contributed by atoms with Gasteiger partial charge in [-0.25, -0.2) is 5.43 Å². The first-order valence-electron chi connectivity index (χ1n) is 10.4. The highest BCUT2D eigenvalue weighted by Gasteiger charge is 2.13. The maximum absolute atomic E-state index is 12.3. The zero-order valence-electron chi connectivity index (χ0n) is 18.6. The number of nitrogens with one attached hydrogen (secondary N) is 1. The highest BCUT2D eigenvalue weighted by molar-refractivity contribution is 6.42. The fourth-order valence-electron chi connectivity index (χ4n) is 2.89. The lowest BCUT2D eigenvalue weighted by Gasteiger charge is -2.13. The molecular weight excluding hydrogens is 499 g/mol. The van der Waals surface area contributed by atoms with Gasteiger partial charge in [0.2, 0.25) is 0 Å². The van der Waals surface area contributed by atoms with Crippen LogP contribution in [0.2, 0.25) is 15.1 Å². The molecule has 0 fully saturated rings. The predicted molar refractivity (Wildman–Crippen MR) is 136 cm³/mol. The highest BCUT2D eigenvalue weighted by Crippen LogP contribution is 2.37. The minimum absolute atomic E-state index is 0.221. The van der Waals surface area contributed by atoms with E-state index < -0.39 is 0 Å². The van der Waals surface area contributed by atoms with Crippen molar-refractivity contribution >= 4 is 46.9 Å².